The molecule has 16 heavy (non-hydrogen) atoms. The van der Waals surface area contributed by atoms with Crippen molar-refractivity contribution < 1.29 is 13.2 Å². The third kappa shape index (κ3) is 2.70. The van der Waals surface area contributed by atoms with Gasteiger partial charge < -0.3 is 0 Å². The third-order valence-corrected chi connectivity index (χ3v) is 2.61. The van der Waals surface area contributed by atoms with Gasteiger partial charge in [-0.3, -0.25) is 0 Å². The van der Waals surface area contributed by atoms with Gasteiger partial charge >= 0.3 is 6.18 Å². The summed E-state index contributed by atoms with van der Waals surface area (Å²) >= 11 is 5.78. The Balaban J connectivity index is 2.33. The molecule has 0 aromatic heterocycles. The minimum atomic E-state index is -4.35. The van der Waals surface area contributed by atoms with Crippen LogP contribution in [0.1, 0.15) is 24.0 Å². The predicted octanol–water partition coefficient (Wildman–Crippen LogP) is 4.12. The maximum absolute atomic E-state index is 12.4. The zero-order chi connectivity index (χ0) is 11.8. The monoisotopic (exact) mass is 244 g/mol. The van der Waals surface area contributed by atoms with Gasteiger partial charge in [-0.05, 0) is 31.0 Å². The summed E-state index contributed by atoms with van der Waals surface area (Å²) < 4.78 is 37.3. The van der Waals surface area contributed by atoms with Crippen molar-refractivity contribution >= 4 is 11.6 Å². The van der Waals surface area contributed by atoms with E-state index in [9.17, 15) is 13.2 Å². The fraction of sp³-hybridized carbons (Fsp3) is 0.333. The van der Waals surface area contributed by atoms with E-state index in [0.29, 0.717) is 5.92 Å². The lowest BCUT2D eigenvalue weighted by atomic mass is 10.1. The average Bonchev–Trinajstić information content (AvgIpc) is 2.98. The second-order valence-corrected chi connectivity index (χ2v) is 4.14. The highest BCUT2D eigenvalue weighted by atomic mass is 35.5. The lowest BCUT2D eigenvalue weighted by molar-refractivity contribution is -0.137. The van der Waals surface area contributed by atoms with Crippen molar-refractivity contribution in [2.45, 2.75) is 19.0 Å². The van der Waals surface area contributed by atoms with E-state index >= 15 is 0 Å². The Morgan fingerprint density at radius 2 is 1.94 bits per heavy atom. The number of hydrogen-bond donors (Lipinski definition) is 0. The highest BCUT2D eigenvalue weighted by molar-refractivity contribution is 6.31. The first-order valence-electron chi connectivity index (χ1n) is 4.85. The summed E-state index contributed by atoms with van der Waals surface area (Å²) in [5.74, 6) is 5.93. The lowest BCUT2D eigenvalue weighted by Crippen LogP contribution is -2.04. The molecule has 0 nitrogen and oxygen atoms in total. The number of rotatable bonds is 0. The van der Waals surface area contributed by atoms with E-state index < -0.39 is 11.7 Å². The third-order valence-electron chi connectivity index (χ3n) is 2.28. The number of alkyl halides is 3. The van der Waals surface area contributed by atoms with Gasteiger partial charge in [-0.15, -0.1) is 0 Å². The summed E-state index contributed by atoms with van der Waals surface area (Å²) in [6.45, 7) is 0. The SMILES string of the molecule is FC(F)(F)c1ccc(Cl)c(C#CC2CC2)c1. The predicted molar refractivity (Wildman–Crippen MR) is 56.1 cm³/mol. The van der Waals surface area contributed by atoms with Crippen LogP contribution in [-0.4, -0.2) is 0 Å². The summed E-state index contributed by atoms with van der Waals surface area (Å²) in [7, 11) is 0. The molecule has 84 valence electrons. The van der Waals surface area contributed by atoms with Gasteiger partial charge in [-0.1, -0.05) is 23.4 Å². The summed E-state index contributed by atoms with van der Waals surface area (Å²) in [5, 5.41) is 0.265. The molecule has 1 aromatic carbocycles. The molecule has 1 aromatic rings. The summed E-state index contributed by atoms with van der Waals surface area (Å²) in [5.41, 5.74) is -0.458. The zero-order valence-corrected chi connectivity index (χ0v) is 8.99. The second kappa shape index (κ2) is 4.03. The van der Waals surface area contributed by atoms with Crippen molar-refractivity contribution in [3.05, 3.63) is 34.3 Å². The Bertz CT molecular complexity index is 461. The lowest BCUT2D eigenvalue weighted by Gasteiger charge is -2.07. The Morgan fingerprint density at radius 3 is 2.50 bits per heavy atom. The molecule has 0 bridgehead atoms. The topological polar surface area (TPSA) is 0 Å². The van der Waals surface area contributed by atoms with Gasteiger partial charge in [0.1, 0.15) is 0 Å². The van der Waals surface area contributed by atoms with Crippen molar-refractivity contribution in [3.63, 3.8) is 0 Å². The number of hydrogen-bond acceptors (Lipinski definition) is 0. The minimum Gasteiger partial charge on any atom is -0.166 e. The van der Waals surface area contributed by atoms with Crippen LogP contribution in [0.2, 0.25) is 5.02 Å². The summed E-state index contributed by atoms with van der Waals surface area (Å²) in [4.78, 5) is 0. The van der Waals surface area contributed by atoms with Gasteiger partial charge in [0.25, 0.3) is 0 Å². The van der Waals surface area contributed by atoms with Crippen molar-refractivity contribution in [3.8, 4) is 11.8 Å². The highest BCUT2D eigenvalue weighted by Crippen LogP contribution is 2.32. The standard InChI is InChI=1S/C12H8ClF3/c13-11-6-5-10(12(14,15)16)7-9(11)4-3-8-1-2-8/h5-8H,1-2H2. The van der Waals surface area contributed by atoms with Crippen LogP contribution in [-0.2, 0) is 6.18 Å². The van der Waals surface area contributed by atoms with E-state index in [1.807, 2.05) is 0 Å². The molecule has 0 atom stereocenters. The second-order valence-electron chi connectivity index (χ2n) is 3.74. The Hall–Kier alpha value is -1.14. The largest absolute Gasteiger partial charge is 0.416 e. The maximum Gasteiger partial charge on any atom is 0.416 e. The minimum absolute atomic E-state index is 0.253. The van der Waals surface area contributed by atoms with Crippen LogP contribution in [0.3, 0.4) is 0 Å². The highest BCUT2D eigenvalue weighted by Gasteiger charge is 2.30. The van der Waals surface area contributed by atoms with Gasteiger partial charge in [0, 0.05) is 11.5 Å². The molecule has 0 unspecified atom stereocenters. The van der Waals surface area contributed by atoms with Crippen LogP contribution in [0, 0.1) is 17.8 Å². The molecule has 0 aliphatic heterocycles. The van der Waals surface area contributed by atoms with Gasteiger partial charge in [0.05, 0.1) is 10.6 Å². The van der Waals surface area contributed by atoms with Gasteiger partial charge in [0.2, 0.25) is 0 Å². The van der Waals surface area contributed by atoms with Crippen LogP contribution < -0.4 is 0 Å². The van der Waals surface area contributed by atoms with E-state index in [1.165, 1.54) is 6.07 Å². The van der Waals surface area contributed by atoms with Crippen molar-refractivity contribution in [1.82, 2.24) is 0 Å². The molecular weight excluding hydrogens is 237 g/mol. The normalized spacial score (nSPS) is 15.5. The molecular formula is C12H8ClF3. The Morgan fingerprint density at radius 1 is 1.25 bits per heavy atom. The number of halogens is 4. The first-order chi connectivity index (χ1) is 7.47. The van der Waals surface area contributed by atoms with Crippen molar-refractivity contribution in [1.29, 1.82) is 0 Å². The van der Waals surface area contributed by atoms with E-state index in [4.69, 9.17) is 11.6 Å². The van der Waals surface area contributed by atoms with Crippen molar-refractivity contribution in [2.75, 3.05) is 0 Å². The summed E-state index contributed by atoms with van der Waals surface area (Å²) in [6.07, 6.45) is -2.28. The molecule has 0 spiro atoms. The van der Waals surface area contributed by atoms with Crippen molar-refractivity contribution in [2.24, 2.45) is 5.92 Å². The fourth-order valence-electron chi connectivity index (χ4n) is 1.20. The van der Waals surface area contributed by atoms with Crippen LogP contribution in [0.5, 0.6) is 0 Å². The molecule has 1 fully saturated rings. The maximum atomic E-state index is 12.4. The average molecular weight is 245 g/mol. The molecule has 1 aliphatic carbocycles. The zero-order valence-electron chi connectivity index (χ0n) is 8.24. The van der Waals surface area contributed by atoms with E-state index in [2.05, 4.69) is 11.8 Å². The molecule has 0 heterocycles. The van der Waals surface area contributed by atoms with Gasteiger partial charge in [-0.2, -0.15) is 13.2 Å². The Kier molecular flexibility index (Phi) is 2.86. The first kappa shape index (κ1) is 11.3. The first-order valence-corrected chi connectivity index (χ1v) is 5.23. The van der Waals surface area contributed by atoms with E-state index in [-0.39, 0.29) is 10.6 Å². The van der Waals surface area contributed by atoms with Crippen LogP contribution in [0.15, 0.2) is 18.2 Å². The van der Waals surface area contributed by atoms with E-state index in [0.717, 1.165) is 25.0 Å². The van der Waals surface area contributed by atoms with Crippen LogP contribution in [0.25, 0.3) is 0 Å². The molecule has 0 saturated heterocycles. The molecule has 1 aliphatic rings. The number of benzene rings is 1. The quantitative estimate of drug-likeness (QED) is 0.602. The Labute approximate surface area is 96.4 Å². The molecule has 0 amide bonds. The molecule has 2 rings (SSSR count). The fourth-order valence-corrected chi connectivity index (χ4v) is 1.37. The van der Waals surface area contributed by atoms with Gasteiger partial charge in [0.15, 0.2) is 0 Å². The van der Waals surface area contributed by atoms with Crippen LogP contribution >= 0.6 is 11.6 Å². The summed E-state index contributed by atoms with van der Waals surface area (Å²) in [6, 6.07) is 3.20. The molecule has 0 N–H and O–H groups in total. The smallest absolute Gasteiger partial charge is 0.166 e. The molecule has 4 heteroatoms. The van der Waals surface area contributed by atoms with E-state index in [1.54, 1.807) is 0 Å². The van der Waals surface area contributed by atoms with Gasteiger partial charge in [-0.25, -0.2) is 0 Å². The van der Waals surface area contributed by atoms with Crippen LogP contribution in [0.4, 0.5) is 13.2 Å². The molecule has 1 saturated carbocycles. The molecule has 0 radical (unpaired) electrons.